The number of carbonyl (C=O) groups is 1. The summed E-state index contributed by atoms with van der Waals surface area (Å²) in [5.41, 5.74) is -1.00. The molecule has 0 spiro atoms. The van der Waals surface area contributed by atoms with E-state index in [1.807, 2.05) is 13.8 Å². The maximum absolute atomic E-state index is 15.3. The van der Waals surface area contributed by atoms with E-state index in [2.05, 4.69) is 9.36 Å². The highest BCUT2D eigenvalue weighted by atomic mass is 32.2. The van der Waals surface area contributed by atoms with Crippen molar-refractivity contribution in [1.82, 2.24) is 9.36 Å². The van der Waals surface area contributed by atoms with Crippen molar-refractivity contribution in [3.8, 4) is 23.0 Å². The normalized spacial score (nSPS) is 10.9. The Hall–Kier alpha value is -4.11. The minimum Gasteiger partial charge on any atom is -0.497 e. The summed E-state index contributed by atoms with van der Waals surface area (Å²) in [6, 6.07) is 8.79. The fourth-order valence-corrected chi connectivity index (χ4v) is 5.13. The number of anilines is 1. The first-order valence-corrected chi connectivity index (χ1v) is 14.6. The van der Waals surface area contributed by atoms with Crippen molar-refractivity contribution in [2.24, 2.45) is 0 Å². The van der Waals surface area contributed by atoms with E-state index >= 15 is 8.78 Å². The monoisotopic (exact) mass is 657 g/mol. The Morgan fingerprint density at radius 2 is 1.70 bits per heavy atom. The number of aromatic nitrogens is 2. The van der Waals surface area contributed by atoms with Crippen LogP contribution in [-0.4, -0.2) is 36.2 Å². The summed E-state index contributed by atoms with van der Waals surface area (Å²) in [6.07, 6.45) is -3.53. The Kier molecular flexibility index (Phi) is 12.2. The number of hydrogen-bond acceptors (Lipinski definition) is 10. The third-order valence-corrected chi connectivity index (χ3v) is 7.38. The van der Waals surface area contributed by atoms with Crippen LogP contribution < -0.4 is 18.5 Å². The van der Waals surface area contributed by atoms with E-state index in [1.54, 1.807) is 22.5 Å². The third kappa shape index (κ3) is 8.72. The van der Waals surface area contributed by atoms with Crippen LogP contribution in [0.4, 0.5) is 27.1 Å². The topological polar surface area (TPSA) is 83.0 Å². The van der Waals surface area contributed by atoms with E-state index in [1.165, 1.54) is 27.5 Å². The molecule has 236 valence electrons. The number of ether oxygens (including phenoxy) is 4. The standard InChI is InChI=1S/C27H22F5N3O5S2.C2H6/c1-4-39-25(36)16-7-17(27(30,31)32)9-19(8-16)40-23-11-21(29)24(12-20(23)28)42-35(26-33-14-34-41-26)13-15-5-6-18(37-2)10-22(15)38-3;1-2/h5-12,14H,4,13H2,1-3H3;1-2H3. The molecule has 0 saturated carbocycles. The van der Waals surface area contributed by atoms with Crippen LogP contribution in [-0.2, 0) is 17.5 Å². The van der Waals surface area contributed by atoms with Gasteiger partial charge in [-0.25, -0.2) is 18.6 Å². The molecular formula is C29H28F5N3O5S2. The molecule has 3 aromatic carbocycles. The Labute approximate surface area is 259 Å². The summed E-state index contributed by atoms with van der Waals surface area (Å²) >= 11 is 1.84. The molecule has 8 nitrogen and oxygen atoms in total. The van der Waals surface area contributed by atoms with Crippen molar-refractivity contribution >= 4 is 34.6 Å². The number of carbonyl (C=O) groups excluding carboxylic acids is 1. The smallest absolute Gasteiger partial charge is 0.416 e. The van der Waals surface area contributed by atoms with Gasteiger partial charge in [-0.3, -0.25) is 4.31 Å². The van der Waals surface area contributed by atoms with Crippen LogP contribution in [0.5, 0.6) is 23.0 Å². The van der Waals surface area contributed by atoms with Gasteiger partial charge in [0, 0.05) is 29.2 Å². The molecule has 0 radical (unpaired) electrons. The lowest BCUT2D eigenvalue weighted by molar-refractivity contribution is -0.137. The Morgan fingerprint density at radius 1 is 0.955 bits per heavy atom. The molecule has 4 rings (SSSR count). The van der Waals surface area contributed by atoms with Crippen molar-refractivity contribution in [3.63, 3.8) is 0 Å². The molecule has 15 heteroatoms. The predicted molar refractivity (Wildman–Crippen MR) is 157 cm³/mol. The Morgan fingerprint density at radius 3 is 2.32 bits per heavy atom. The molecular weight excluding hydrogens is 629 g/mol. The molecule has 0 atom stereocenters. The van der Waals surface area contributed by atoms with Crippen molar-refractivity contribution in [1.29, 1.82) is 0 Å². The number of hydrogen-bond donors (Lipinski definition) is 0. The van der Waals surface area contributed by atoms with Crippen LogP contribution in [0.25, 0.3) is 0 Å². The number of benzene rings is 3. The lowest BCUT2D eigenvalue weighted by Gasteiger charge is -2.22. The van der Waals surface area contributed by atoms with E-state index in [0.29, 0.717) is 40.4 Å². The minimum atomic E-state index is -4.84. The zero-order valence-corrected chi connectivity index (χ0v) is 25.8. The molecule has 0 aliphatic heterocycles. The minimum absolute atomic E-state index is 0.0798. The van der Waals surface area contributed by atoms with Crippen LogP contribution in [0.3, 0.4) is 0 Å². The number of nitrogens with zero attached hydrogens (tertiary/aromatic N) is 3. The van der Waals surface area contributed by atoms with Gasteiger partial charge in [0.2, 0.25) is 5.13 Å². The summed E-state index contributed by atoms with van der Waals surface area (Å²) < 4.78 is 97.0. The van der Waals surface area contributed by atoms with Gasteiger partial charge in [-0.2, -0.15) is 17.5 Å². The van der Waals surface area contributed by atoms with Gasteiger partial charge in [0.25, 0.3) is 0 Å². The van der Waals surface area contributed by atoms with Gasteiger partial charge in [-0.05, 0) is 55.3 Å². The highest BCUT2D eigenvalue weighted by molar-refractivity contribution is 8.00. The van der Waals surface area contributed by atoms with Gasteiger partial charge in [-0.15, -0.1) is 0 Å². The second-order valence-corrected chi connectivity index (χ2v) is 10.1. The van der Waals surface area contributed by atoms with E-state index in [9.17, 15) is 18.0 Å². The predicted octanol–water partition coefficient (Wildman–Crippen LogP) is 8.56. The maximum atomic E-state index is 15.3. The van der Waals surface area contributed by atoms with Crippen LogP contribution in [0, 0.1) is 11.6 Å². The molecule has 1 heterocycles. The maximum Gasteiger partial charge on any atom is 0.416 e. The number of esters is 1. The highest BCUT2D eigenvalue weighted by Gasteiger charge is 2.32. The first kappa shape index (κ1) is 34.4. The third-order valence-electron chi connectivity index (χ3n) is 5.54. The van der Waals surface area contributed by atoms with Crippen LogP contribution in [0.1, 0.15) is 42.3 Å². The molecule has 44 heavy (non-hydrogen) atoms. The second-order valence-electron chi connectivity index (χ2n) is 8.31. The Balaban J connectivity index is 0.00000259. The SMILES string of the molecule is CC.CCOC(=O)c1cc(Oc2cc(F)c(SN(Cc3ccc(OC)cc3OC)c3ncns3)cc2F)cc(C(F)(F)F)c1. The summed E-state index contributed by atoms with van der Waals surface area (Å²) in [7, 11) is 2.99. The number of methoxy groups -OCH3 is 2. The second kappa shape index (κ2) is 15.6. The van der Waals surface area contributed by atoms with E-state index in [-0.39, 0.29) is 18.0 Å². The summed E-state index contributed by atoms with van der Waals surface area (Å²) in [4.78, 5) is 16.1. The summed E-state index contributed by atoms with van der Waals surface area (Å²) in [5.74, 6) is -3.19. The molecule has 1 aromatic heterocycles. The Bertz CT molecular complexity index is 1560. The molecule has 0 saturated heterocycles. The molecule has 0 unspecified atom stereocenters. The number of halogens is 5. The summed E-state index contributed by atoms with van der Waals surface area (Å²) in [6.45, 7) is 5.55. The highest BCUT2D eigenvalue weighted by Crippen LogP contribution is 2.39. The van der Waals surface area contributed by atoms with Crippen molar-refractivity contribution < 1.29 is 45.7 Å². The van der Waals surface area contributed by atoms with Crippen molar-refractivity contribution in [2.45, 2.75) is 38.4 Å². The summed E-state index contributed by atoms with van der Waals surface area (Å²) in [5, 5.41) is 0.383. The fraction of sp³-hybridized carbons (Fsp3) is 0.276. The van der Waals surface area contributed by atoms with Gasteiger partial charge in [0.15, 0.2) is 11.6 Å². The van der Waals surface area contributed by atoms with Crippen LogP contribution >= 0.6 is 23.5 Å². The number of rotatable bonds is 11. The molecule has 0 aliphatic carbocycles. The average molecular weight is 658 g/mol. The number of alkyl halides is 3. The zero-order valence-electron chi connectivity index (χ0n) is 24.2. The lowest BCUT2D eigenvalue weighted by Crippen LogP contribution is -2.15. The van der Waals surface area contributed by atoms with Crippen LogP contribution in [0.15, 0.2) is 59.8 Å². The largest absolute Gasteiger partial charge is 0.497 e. The molecule has 0 fully saturated rings. The first-order chi connectivity index (χ1) is 21.0. The van der Waals surface area contributed by atoms with Gasteiger partial charge >= 0.3 is 12.1 Å². The molecule has 0 bridgehead atoms. The molecule has 0 aliphatic rings. The molecule has 4 aromatic rings. The van der Waals surface area contributed by atoms with Crippen LogP contribution in [0.2, 0.25) is 0 Å². The van der Waals surface area contributed by atoms with Gasteiger partial charge in [0.1, 0.15) is 29.4 Å². The van der Waals surface area contributed by atoms with Crippen molar-refractivity contribution in [2.75, 3.05) is 25.1 Å². The zero-order chi connectivity index (χ0) is 32.4. The van der Waals surface area contributed by atoms with E-state index in [4.69, 9.17) is 18.9 Å². The van der Waals surface area contributed by atoms with E-state index in [0.717, 1.165) is 35.6 Å². The first-order valence-electron chi connectivity index (χ1n) is 13.0. The lowest BCUT2D eigenvalue weighted by atomic mass is 10.1. The van der Waals surface area contributed by atoms with Gasteiger partial charge in [-0.1, -0.05) is 13.8 Å². The average Bonchev–Trinajstić information content (AvgIpc) is 3.55. The van der Waals surface area contributed by atoms with Gasteiger partial charge < -0.3 is 18.9 Å². The fourth-order valence-electron chi connectivity index (χ4n) is 3.61. The van der Waals surface area contributed by atoms with Crippen molar-refractivity contribution in [3.05, 3.63) is 83.2 Å². The quantitative estimate of drug-likeness (QED) is 0.0895. The molecule has 0 amide bonds. The van der Waals surface area contributed by atoms with E-state index < -0.39 is 46.4 Å². The molecule has 0 N–H and O–H groups in total. The van der Waals surface area contributed by atoms with Gasteiger partial charge in [0.05, 0.1) is 43.4 Å².